The van der Waals surface area contributed by atoms with Gasteiger partial charge in [-0.05, 0) is 0 Å². The summed E-state index contributed by atoms with van der Waals surface area (Å²) in [6.45, 7) is 43.0. The number of aryl methyl sites for hydroxylation is 6. The van der Waals surface area contributed by atoms with Gasteiger partial charge in [0.2, 0.25) is 0 Å². The quantitative estimate of drug-likeness (QED) is 0.142. The Balaban J connectivity index is 0.000000178. The van der Waals surface area contributed by atoms with Crippen LogP contribution in [0.15, 0.2) is 133 Å². The molecule has 2 saturated carbocycles. The summed E-state index contributed by atoms with van der Waals surface area (Å²) in [7, 11) is 0. The van der Waals surface area contributed by atoms with E-state index in [0.29, 0.717) is 27.3 Å². The molecule has 0 N–H and O–H groups in total. The van der Waals surface area contributed by atoms with E-state index in [0.717, 1.165) is 22.0 Å². The molecular weight excluding hydrogens is 1430 g/mol. The Kier molecular flexibility index (Phi) is 19.6. The van der Waals surface area contributed by atoms with Crippen molar-refractivity contribution in [2.45, 2.75) is 251 Å². The van der Waals surface area contributed by atoms with E-state index in [-0.39, 0.29) is 21.7 Å². The number of hydrogen-bond acceptors (Lipinski definition) is 0. The normalized spacial score (nSPS) is 18.1. The van der Waals surface area contributed by atoms with Gasteiger partial charge < -0.3 is 0 Å². The third kappa shape index (κ3) is 13.0. The first kappa shape index (κ1) is 73.9. The van der Waals surface area contributed by atoms with Gasteiger partial charge in [0.1, 0.15) is 0 Å². The van der Waals surface area contributed by atoms with E-state index in [1.54, 1.807) is 47.8 Å². The van der Waals surface area contributed by atoms with Gasteiger partial charge in [0, 0.05) is 0 Å². The molecule has 0 radical (unpaired) electrons. The van der Waals surface area contributed by atoms with Crippen molar-refractivity contribution in [1.29, 1.82) is 0 Å². The van der Waals surface area contributed by atoms with Crippen molar-refractivity contribution < 1.29 is 40.5 Å². The van der Waals surface area contributed by atoms with Gasteiger partial charge in [-0.3, -0.25) is 0 Å². The molecule has 102 heavy (non-hydrogen) atoms. The summed E-state index contributed by atoms with van der Waals surface area (Å²) in [6.07, 6.45) is 19.4. The molecule has 0 saturated heterocycles. The van der Waals surface area contributed by atoms with Crippen LogP contribution in [-0.4, -0.2) is 0 Å². The van der Waals surface area contributed by atoms with Crippen molar-refractivity contribution in [2.24, 2.45) is 11.8 Å². The Morgan fingerprint density at radius 3 is 1.27 bits per heavy atom. The molecule has 530 valence electrons. The predicted octanol–water partition coefficient (Wildman–Crippen LogP) is 27.9. The molecule has 15 rings (SSSR count). The number of rotatable bonds is 8. The molecule has 0 heterocycles. The summed E-state index contributed by atoms with van der Waals surface area (Å²) < 4.78 is 16.6. The summed E-state index contributed by atoms with van der Waals surface area (Å²) in [4.78, 5) is 0. The number of fused-ring (bicyclic) bond motifs is 10. The minimum absolute atomic E-state index is 0.0498. The van der Waals surface area contributed by atoms with E-state index in [1.807, 2.05) is 18.7 Å². The van der Waals surface area contributed by atoms with E-state index in [9.17, 15) is 0 Å². The number of allylic oxidation sites excluding steroid dienone is 1. The van der Waals surface area contributed by atoms with Crippen molar-refractivity contribution in [1.82, 2.24) is 0 Å². The van der Waals surface area contributed by atoms with E-state index in [4.69, 9.17) is 23.2 Å². The zero-order valence-electron chi connectivity index (χ0n) is 66.2. The second kappa shape index (κ2) is 27.1. The van der Waals surface area contributed by atoms with Gasteiger partial charge in [-0.1, -0.05) is 0 Å². The monoisotopic (exact) mass is 1540 g/mol. The van der Waals surface area contributed by atoms with E-state index in [2.05, 4.69) is 271 Å². The molecule has 0 bridgehead atoms. The molecule has 4 heteroatoms. The molecule has 6 aliphatic carbocycles. The number of benzene rings is 9. The molecule has 0 aliphatic heterocycles. The molecule has 9 aromatic rings. The number of halogens is 2. The molecule has 0 amide bonds. The van der Waals surface area contributed by atoms with Crippen molar-refractivity contribution in [3.8, 4) is 55.6 Å². The first-order valence-corrected chi connectivity index (χ1v) is 54.9. The topological polar surface area (TPSA) is 0 Å². The fraction of sp³-hybridized carbons (Fsp3) is 0.429. The summed E-state index contributed by atoms with van der Waals surface area (Å²) in [5, 5.41) is 1.63. The Bertz CT molecular complexity index is 4680. The van der Waals surface area contributed by atoms with Crippen molar-refractivity contribution >= 4 is 39.1 Å². The van der Waals surface area contributed by atoms with E-state index >= 15 is 0 Å². The van der Waals surface area contributed by atoms with Crippen LogP contribution >= 0.6 is 23.2 Å². The third-order valence-electron chi connectivity index (χ3n) is 25.7. The van der Waals surface area contributed by atoms with Crippen LogP contribution in [0.25, 0.3) is 61.7 Å². The molecule has 3 unspecified atom stereocenters. The number of hydrogen-bond donors (Lipinski definition) is 0. The van der Waals surface area contributed by atoms with Crippen LogP contribution in [0.5, 0.6) is 0 Å². The zero-order chi connectivity index (χ0) is 73.0. The van der Waals surface area contributed by atoms with Gasteiger partial charge in [-0.15, -0.1) is 0 Å². The molecular formula is C98H116Cl2Zr2. The molecule has 0 aromatic heterocycles. The van der Waals surface area contributed by atoms with Crippen molar-refractivity contribution in [3.05, 3.63) is 244 Å². The molecule has 9 aromatic carbocycles. The molecule has 2 fully saturated rings. The van der Waals surface area contributed by atoms with Crippen LogP contribution < -0.4 is 9.81 Å². The Hall–Kier alpha value is -4.93. The first-order chi connectivity index (χ1) is 47.9. The Morgan fingerprint density at radius 1 is 0.392 bits per heavy atom. The van der Waals surface area contributed by atoms with E-state index in [1.165, 1.54) is 170 Å². The summed E-state index contributed by atoms with van der Waals surface area (Å²) >= 11 is 6.87. The zero-order valence-corrected chi connectivity index (χ0v) is 72.6. The molecule has 0 spiro atoms. The summed E-state index contributed by atoms with van der Waals surface area (Å²) in [6, 6.07) is 51.3. The molecule has 3 atom stereocenters. The predicted molar refractivity (Wildman–Crippen MR) is 440 cm³/mol. The van der Waals surface area contributed by atoms with Gasteiger partial charge in [-0.25, -0.2) is 0 Å². The fourth-order valence-electron chi connectivity index (χ4n) is 20.9. The fourth-order valence-corrected chi connectivity index (χ4v) is 41.1. The van der Waals surface area contributed by atoms with Gasteiger partial charge in [0.25, 0.3) is 0 Å². The van der Waals surface area contributed by atoms with Gasteiger partial charge in [0.15, 0.2) is 0 Å². The van der Waals surface area contributed by atoms with Crippen LogP contribution in [0.1, 0.15) is 263 Å². The maximum absolute atomic E-state index is 6.95. The Morgan fingerprint density at radius 2 is 0.824 bits per heavy atom. The van der Waals surface area contributed by atoms with Crippen molar-refractivity contribution in [2.75, 3.05) is 0 Å². The summed E-state index contributed by atoms with van der Waals surface area (Å²) in [5.41, 5.74) is 41.1. The van der Waals surface area contributed by atoms with Crippen LogP contribution in [0.3, 0.4) is 0 Å². The maximum atomic E-state index is 6.95. The average Bonchev–Trinajstić information content (AvgIpc) is 1.49. The standard InChI is InChI=1S/C31H29.2C27H35.C9H5Cl2.4CH3.2Zr/c1-18-11-20(3)30(21(4)12-18)26-9-7-24-15-25-8-10-27(17-29(25)28(24)16-26)31-22(5)13-19(2)14-23(31)6;2*1-26(2,3)19-12-14-21-22-15-13-20(27(4,5)6)17-24(22)25(23(21)16-19)18-10-8-7-9-11-18;10-8-4-5-9(11)7-3-1-2-6(7)8;;;;;;/h7,9-14,16-17H,15H2,1-6H3;2*12-16,18,25H,7-11H2,1-6H3;1-5H;4*1H3;;. The van der Waals surface area contributed by atoms with Crippen molar-refractivity contribution in [3.63, 3.8) is 0 Å². The van der Waals surface area contributed by atoms with Crippen LogP contribution in [0.4, 0.5) is 0 Å². The minimum atomic E-state index is -3.61. The second-order valence-corrected chi connectivity index (χ2v) is 60.5. The van der Waals surface area contributed by atoms with Crippen LogP contribution in [-0.2, 0) is 68.6 Å². The summed E-state index contributed by atoms with van der Waals surface area (Å²) in [5.74, 6) is 2.40. The molecule has 0 nitrogen and oxygen atoms in total. The first-order valence-electron chi connectivity index (χ1n) is 39.2. The van der Waals surface area contributed by atoms with Gasteiger partial charge in [0.05, 0.1) is 0 Å². The van der Waals surface area contributed by atoms with Crippen LogP contribution in [0.2, 0.25) is 28.6 Å². The average molecular weight is 1550 g/mol. The second-order valence-electron chi connectivity index (χ2n) is 37.9. The molecule has 6 aliphatic rings. The van der Waals surface area contributed by atoms with Gasteiger partial charge in [-0.2, -0.15) is 0 Å². The van der Waals surface area contributed by atoms with Crippen LogP contribution in [0, 0.1) is 53.4 Å². The third-order valence-corrected chi connectivity index (χ3v) is 44.6. The SMILES string of the molecule is CC(C)(C)c1ccc2c(c1)C(C1CCCCC1)c1c-2ccc(C(C)(C)C)[c]1[Zr]([CH3])([CH3])[c]1c(C(C)(C)C)ccc2c1C(C1CCCCC1)c1cc(C(C)(C)C)ccc1-2.Cc1cc(C)c(-c2ccc3c(c2)-c2cc(-c4c(C)cc(C)cc4C)c[c]([Zr]([CH3])([CH3])[CH]4C=Cc5c(Cl)ccc(Cl)c54)c2C3)c(C)c1. The Labute approximate surface area is 635 Å². The van der Waals surface area contributed by atoms with E-state index < -0.39 is 40.5 Å². The van der Waals surface area contributed by atoms with Gasteiger partial charge >= 0.3 is 642 Å².